The van der Waals surface area contributed by atoms with Crippen LogP contribution in [0.3, 0.4) is 0 Å². The van der Waals surface area contributed by atoms with Crippen molar-refractivity contribution in [3.63, 3.8) is 0 Å². The van der Waals surface area contributed by atoms with Gasteiger partial charge in [0.05, 0.1) is 5.56 Å². The van der Waals surface area contributed by atoms with Gasteiger partial charge in [-0.15, -0.1) is 12.4 Å². The molecule has 2 aromatic rings. The monoisotopic (exact) mass is 373 g/mol. The number of benzene rings is 2. The Hall–Kier alpha value is -2.53. The second-order valence-corrected chi connectivity index (χ2v) is 6.32. The van der Waals surface area contributed by atoms with Gasteiger partial charge in [-0.3, -0.25) is 9.59 Å². The molecule has 3 N–H and O–H groups in total. The zero-order valence-electron chi connectivity index (χ0n) is 14.6. The Morgan fingerprint density at radius 1 is 0.962 bits per heavy atom. The zero-order valence-corrected chi connectivity index (χ0v) is 15.4. The molecule has 0 bridgehead atoms. The fraction of sp³-hybridized carbons (Fsp3) is 0.300. The SMILES string of the molecule is Cl.Nc1ccccc1C(=O)NCc1ccc(C(=O)N2CCCCC2)cc1. The van der Waals surface area contributed by atoms with Gasteiger partial charge in [-0.25, -0.2) is 0 Å². The van der Waals surface area contributed by atoms with E-state index in [-0.39, 0.29) is 24.2 Å². The fourth-order valence-electron chi connectivity index (χ4n) is 3.03. The summed E-state index contributed by atoms with van der Waals surface area (Å²) in [4.78, 5) is 26.5. The number of piperidine rings is 1. The van der Waals surface area contributed by atoms with E-state index >= 15 is 0 Å². The van der Waals surface area contributed by atoms with Crippen LogP contribution in [0.2, 0.25) is 0 Å². The topological polar surface area (TPSA) is 75.4 Å². The van der Waals surface area contributed by atoms with Crippen molar-refractivity contribution in [2.75, 3.05) is 18.8 Å². The zero-order chi connectivity index (χ0) is 17.6. The Morgan fingerprint density at radius 3 is 2.27 bits per heavy atom. The number of nitrogen functional groups attached to an aromatic ring is 1. The van der Waals surface area contributed by atoms with Gasteiger partial charge in [-0.05, 0) is 49.1 Å². The summed E-state index contributed by atoms with van der Waals surface area (Å²) in [6.07, 6.45) is 3.37. The molecular weight excluding hydrogens is 350 g/mol. The van der Waals surface area contributed by atoms with Gasteiger partial charge >= 0.3 is 0 Å². The molecule has 1 saturated heterocycles. The number of likely N-dealkylation sites (tertiary alicyclic amines) is 1. The van der Waals surface area contributed by atoms with Crippen LogP contribution in [0.25, 0.3) is 0 Å². The molecule has 0 unspecified atom stereocenters. The summed E-state index contributed by atoms with van der Waals surface area (Å²) in [5.74, 6) is -0.112. The molecule has 0 atom stereocenters. The van der Waals surface area contributed by atoms with Crippen LogP contribution in [0.15, 0.2) is 48.5 Å². The largest absolute Gasteiger partial charge is 0.398 e. The predicted molar refractivity (Wildman–Crippen MR) is 105 cm³/mol. The highest BCUT2D eigenvalue weighted by Crippen LogP contribution is 2.14. The lowest BCUT2D eigenvalue weighted by atomic mass is 10.1. The molecule has 1 aliphatic rings. The Kier molecular flexibility index (Phi) is 7.04. The minimum absolute atomic E-state index is 0. The molecule has 0 spiro atoms. The third kappa shape index (κ3) is 4.76. The van der Waals surface area contributed by atoms with Crippen molar-refractivity contribution in [3.05, 3.63) is 65.2 Å². The maximum absolute atomic E-state index is 12.4. The number of nitrogens with one attached hydrogen (secondary N) is 1. The summed E-state index contributed by atoms with van der Waals surface area (Å²) >= 11 is 0. The lowest BCUT2D eigenvalue weighted by molar-refractivity contribution is 0.0724. The normalized spacial score (nSPS) is 13.6. The minimum atomic E-state index is -0.202. The van der Waals surface area contributed by atoms with Crippen LogP contribution >= 0.6 is 12.4 Å². The summed E-state index contributed by atoms with van der Waals surface area (Å²) < 4.78 is 0. The van der Waals surface area contributed by atoms with Gasteiger partial charge in [-0.1, -0.05) is 24.3 Å². The number of halogens is 1. The van der Waals surface area contributed by atoms with Crippen molar-refractivity contribution in [1.29, 1.82) is 0 Å². The van der Waals surface area contributed by atoms with Crippen LogP contribution in [-0.2, 0) is 6.54 Å². The molecule has 138 valence electrons. The molecule has 1 heterocycles. The third-order valence-electron chi connectivity index (χ3n) is 4.50. The molecule has 26 heavy (non-hydrogen) atoms. The number of amides is 2. The molecule has 2 amide bonds. The van der Waals surface area contributed by atoms with E-state index < -0.39 is 0 Å². The lowest BCUT2D eigenvalue weighted by Gasteiger charge is -2.26. The van der Waals surface area contributed by atoms with Crippen LogP contribution in [0.1, 0.15) is 45.5 Å². The standard InChI is InChI=1S/C20H23N3O2.ClH/c21-18-7-3-2-6-17(18)19(24)22-14-15-8-10-16(11-9-15)20(25)23-12-4-1-5-13-23;/h2-3,6-11H,1,4-5,12-14,21H2,(H,22,24);1H. The van der Waals surface area contributed by atoms with Gasteiger partial charge in [0, 0.05) is 30.9 Å². The van der Waals surface area contributed by atoms with E-state index in [0.29, 0.717) is 23.4 Å². The third-order valence-corrected chi connectivity index (χ3v) is 4.50. The molecule has 1 fully saturated rings. The van der Waals surface area contributed by atoms with Crippen LogP contribution < -0.4 is 11.1 Å². The number of hydrogen-bond donors (Lipinski definition) is 2. The number of anilines is 1. The average molecular weight is 374 g/mol. The number of carbonyl (C=O) groups is 2. The second kappa shape index (κ2) is 9.25. The first-order chi connectivity index (χ1) is 12.1. The van der Waals surface area contributed by atoms with Crippen molar-refractivity contribution < 1.29 is 9.59 Å². The van der Waals surface area contributed by atoms with E-state index in [9.17, 15) is 9.59 Å². The maximum atomic E-state index is 12.4. The van der Waals surface area contributed by atoms with E-state index in [1.54, 1.807) is 24.3 Å². The predicted octanol–water partition coefficient (Wildman–Crippen LogP) is 3.25. The summed E-state index contributed by atoms with van der Waals surface area (Å²) in [7, 11) is 0. The summed E-state index contributed by atoms with van der Waals surface area (Å²) in [5.41, 5.74) is 8.38. The number of hydrogen-bond acceptors (Lipinski definition) is 3. The number of nitrogens with zero attached hydrogens (tertiary/aromatic N) is 1. The van der Waals surface area contributed by atoms with Crippen LogP contribution in [0, 0.1) is 0 Å². The molecule has 6 heteroatoms. The second-order valence-electron chi connectivity index (χ2n) is 6.32. The van der Waals surface area contributed by atoms with Gasteiger partial charge in [0.2, 0.25) is 0 Å². The van der Waals surface area contributed by atoms with E-state index in [4.69, 9.17) is 5.73 Å². The molecule has 2 aromatic carbocycles. The summed E-state index contributed by atoms with van der Waals surface area (Å²) in [5, 5.41) is 2.85. The van der Waals surface area contributed by atoms with E-state index in [1.807, 2.05) is 29.2 Å². The number of para-hydroxylation sites is 1. The summed E-state index contributed by atoms with van der Waals surface area (Å²) in [6.45, 7) is 2.08. The first kappa shape index (κ1) is 19.8. The Balaban J connectivity index is 0.00000243. The molecule has 0 aromatic heterocycles. The smallest absolute Gasteiger partial charge is 0.253 e. The Labute approximate surface area is 160 Å². The van der Waals surface area contributed by atoms with Crippen molar-refractivity contribution >= 4 is 29.9 Å². The van der Waals surface area contributed by atoms with Crippen LogP contribution in [0.5, 0.6) is 0 Å². The van der Waals surface area contributed by atoms with Gasteiger partial charge < -0.3 is 16.0 Å². The number of rotatable bonds is 4. The first-order valence-corrected chi connectivity index (χ1v) is 8.66. The molecule has 5 nitrogen and oxygen atoms in total. The van der Waals surface area contributed by atoms with Crippen LogP contribution in [0.4, 0.5) is 5.69 Å². The minimum Gasteiger partial charge on any atom is -0.398 e. The Bertz CT molecular complexity index is 756. The first-order valence-electron chi connectivity index (χ1n) is 8.66. The van der Waals surface area contributed by atoms with Crippen molar-refractivity contribution in [1.82, 2.24) is 10.2 Å². The molecule has 0 saturated carbocycles. The van der Waals surface area contributed by atoms with Gasteiger partial charge in [-0.2, -0.15) is 0 Å². The fourth-order valence-corrected chi connectivity index (χ4v) is 3.03. The Morgan fingerprint density at radius 2 is 1.62 bits per heavy atom. The molecule has 0 radical (unpaired) electrons. The maximum Gasteiger partial charge on any atom is 0.253 e. The quantitative estimate of drug-likeness (QED) is 0.808. The van der Waals surface area contributed by atoms with Gasteiger partial charge in [0.1, 0.15) is 0 Å². The van der Waals surface area contributed by atoms with Gasteiger partial charge in [0.15, 0.2) is 0 Å². The molecular formula is C20H24ClN3O2. The highest BCUT2D eigenvalue weighted by molar-refractivity contribution is 5.99. The van der Waals surface area contributed by atoms with Gasteiger partial charge in [0.25, 0.3) is 11.8 Å². The van der Waals surface area contributed by atoms with Crippen molar-refractivity contribution in [2.45, 2.75) is 25.8 Å². The van der Waals surface area contributed by atoms with E-state index in [1.165, 1.54) is 6.42 Å². The molecule has 1 aliphatic heterocycles. The highest BCUT2D eigenvalue weighted by Gasteiger charge is 2.17. The van der Waals surface area contributed by atoms with Crippen molar-refractivity contribution in [3.8, 4) is 0 Å². The molecule has 0 aliphatic carbocycles. The summed E-state index contributed by atoms with van der Waals surface area (Å²) in [6, 6.07) is 14.4. The van der Waals surface area contributed by atoms with Crippen molar-refractivity contribution in [2.24, 2.45) is 0 Å². The number of carbonyl (C=O) groups excluding carboxylic acids is 2. The molecule has 3 rings (SSSR count). The van der Waals surface area contributed by atoms with E-state index in [2.05, 4.69) is 5.32 Å². The lowest BCUT2D eigenvalue weighted by Crippen LogP contribution is -2.35. The van der Waals surface area contributed by atoms with Crippen LogP contribution in [-0.4, -0.2) is 29.8 Å². The highest BCUT2D eigenvalue weighted by atomic mass is 35.5. The van der Waals surface area contributed by atoms with E-state index in [0.717, 1.165) is 31.5 Å². The number of nitrogens with two attached hydrogens (primary N) is 1. The average Bonchev–Trinajstić information content (AvgIpc) is 2.67.